The number of nitrogens with one attached hydrogen (secondary N) is 1. The summed E-state index contributed by atoms with van der Waals surface area (Å²) in [4.78, 5) is 27.7. The second kappa shape index (κ2) is 6.53. The summed E-state index contributed by atoms with van der Waals surface area (Å²) in [5.41, 5.74) is -0.404. The lowest BCUT2D eigenvalue weighted by molar-refractivity contribution is -0.116. The fourth-order valence-corrected chi connectivity index (χ4v) is 4.54. The van der Waals surface area contributed by atoms with Crippen molar-refractivity contribution < 1.29 is 14.3 Å². The van der Waals surface area contributed by atoms with Crippen LogP contribution in [0.4, 0.5) is 9.93 Å². The van der Waals surface area contributed by atoms with Gasteiger partial charge in [-0.2, -0.15) is 0 Å². The van der Waals surface area contributed by atoms with Crippen molar-refractivity contribution in [3.05, 3.63) is 5.01 Å². The molecule has 2 aliphatic heterocycles. The molecule has 2 saturated heterocycles. The third-order valence-electron chi connectivity index (χ3n) is 5.03. The SMILES string of the molecule is CN1C[C@@]2(CCCN(CCC(=O)Nc3nnc(C4CC4)s3)C2)OC1=O. The monoisotopic (exact) mass is 365 g/mol. The van der Waals surface area contributed by atoms with Crippen LogP contribution in [0.15, 0.2) is 0 Å². The number of carbonyl (C=O) groups is 2. The number of likely N-dealkylation sites (N-methyl/N-ethyl adjacent to an activating group) is 1. The largest absolute Gasteiger partial charge is 0.440 e. The van der Waals surface area contributed by atoms with Crippen LogP contribution in [-0.2, 0) is 9.53 Å². The predicted octanol–water partition coefficient (Wildman–Crippen LogP) is 1.66. The molecular weight excluding hydrogens is 342 g/mol. The van der Waals surface area contributed by atoms with Gasteiger partial charge in [-0.1, -0.05) is 11.3 Å². The first-order valence-electron chi connectivity index (χ1n) is 8.83. The number of likely N-dealkylation sites (tertiary alicyclic amines) is 1. The zero-order valence-corrected chi connectivity index (χ0v) is 15.2. The molecule has 1 aromatic heterocycles. The molecule has 1 atom stereocenters. The van der Waals surface area contributed by atoms with Gasteiger partial charge in [0, 0.05) is 32.5 Å². The Kier molecular flexibility index (Phi) is 4.36. The van der Waals surface area contributed by atoms with E-state index in [-0.39, 0.29) is 12.0 Å². The molecule has 3 aliphatic rings. The number of nitrogens with zero attached hydrogens (tertiary/aromatic N) is 4. The van der Waals surface area contributed by atoms with Crippen LogP contribution >= 0.6 is 11.3 Å². The number of piperidine rings is 1. The van der Waals surface area contributed by atoms with Gasteiger partial charge < -0.3 is 15.0 Å². The van der Waals surface area contributed by atoms with Crippen LogP contribution in [-0.4, -0.2) is 70.8 Å². The number of ether oxygens (including phenoxy) is 1. The second-order valence-corrected chi connectivity index (χ2v) is 8.31. The highest BCUT2D eigenvalue weighted by Crippen LogP contribution is 2.42. The Hall–Kier alpha value is -1.74. The lowest BCUT2D eigenvalue weighted by Crippen LogP contribution is -2.50. The predicted molar refractivity (Wildman–Crippen MR) is 92.6 cm³/mol. The third-order valence-corrected chi connectivity index (χ3v) is 6.03. The van der Waals surface area contributed by atoms with Gasteiger partial charge in [-0.3, -0.25) is 9.69 Å². The summed E-state index contributed by atoms with van der Waals surface area (Å²) in [6.45, 7) is 2.91. The number of anilines is 1. The maximum Gasteiger partial charge on any atom is 0.410 e. The maximum atomic E-state index is 12.2. The van der Waals surface area contributed by atoms with E-state index in [0.717, 1.165) is 24.4 Å². The minimum Gasteiger partial charge on any atom is -0.440 e. The smallest absolute Gasteiger partial charge is 0.410 e. The van der Waals surface area contributed by atoms with Crippen molar-refractivity contribution >= 4 is 28.5 Å². The molecule has 9 heteroatoms. The van der Waals surface area contributed by atoms with E-state index in [1.807, 2.05) is 0 Å². The molecule has 1 aromatic rings. The number of hydrogen-bond acceptors (Lipinski definition) is 7. The average Bonchev–Trinajstić information content (AvgIpc) is 3.26. The van der Waals surface area contributed by atoms with E-state index in [0.29, 0.717) is 37.1 Å². The lowest BCUT2D eigenvalue weighted by Gasteiger charge is -2.38. The summed E-state index contributed by atoms with van der Waals surface area (Å²) in [5.74, 6) is 0.513. The van der Waals surface area contributed by atoms with Crippen LogP contribution in [0.1, 0.15) is 43.0 Å². The Morgan fingerprint density at radius 1 is 1.40 bits per heavy atom. The molecule has 1 N–H and O–H groups in total. The Labute approximate surface area is 150 Å². The van der Waals surface area contributed by atoms with Crippen molar-refractivity contribution in [1.29, 1.82) is 0 Å². The lowest BCUT2D eigenvalue weighted by atomic mass is 9.92. The van der Waals surface area contributed by atoms with E-state index in [2.05, 4.69) is 20.4 Å². The van der Waals surface area contributed by atoms with E-state index in [4.69, 9.17) is 4.74 Å². The first-order chi connectivity index (χ1) is 12.0. The van der Waals surface area contributed by atoms with Gasteiger partial charge in [0.25, 0.3) is 0 Å². The molecular formula is C16H23N5O3S. The number of carbonyl (C=O) groups excluding carboxylic acids is 2. The number of aromatic nitrogens is 2. The fourth-order valence-electron chi connectivity index (χ4n) is 3.61. The van der Waals surface area contributed by atoms with Crippen molar-refractivity contribution in [3.63, 3.8) is 0 Å². The van der Waals surface area contributed by atoms with E-state index in [1.54, 1.807) is 11.9 Å². The van der Waals surface area contributed by atoms with Crippen LogP contribution in [0.3, 0.4) is 0 Å². The molecule has 2 amide bonds. The summed E-state index contributed by atoms with van der Waals surface area (Å²) in [5, 5.41) is 12.6. The molecule has 25 heavy (non-hydrogen) atoms. The van der Waals surface area contributed by atoms with Crippen molar-refractivity contribution in [2.45, 2.75) is 43.6 Å². The van der Waals surface area contributed by atoms with Crippen molar-refractivity contribution in [2.24, 2.45) is 0 Å². The van der Waals surface area contributed by atoms with Crippen LogP contribution in [0.5, 0.6) is 0 Å². The van der Waals surface area contributed by atoms with E-state index in [1.165, 1.54) is 24.2 Å². The highest BCUT2D eigenvalue weighted by molar-refractivity contribution is 7.15. The first-order valence-corrected chi connectivity index (χ1v) is 9.64. The fraction of sp³-hybridized carbons (Fsp3) is 0.750. The molecule has 0 radical (unpaired) electrons. The van der Waals surface area contributed by atoms with Crippen LogP contribution in [0.25, 0.3) is 0 Å². The highest BCUT2D eigenvalue weighted by atomic mass is 32.1. The van der Waals surface area contributed by atoms with Crippen LogP contribution in [0, 0.1) is 0 Å². The van der Waals surface area contributed by atoms with Crippen molar-refractivity contribution in [3.8, 4) is 0 Å². The molecule has 8 nitrogen and oxygen atoms in total. The van der Waals surface area contributed by atoms with Crippen molar-refractivity contribution in [2.75, 3.05) is 38.5 Å². The summed E-state index contributed by atoms with van der Waals surface area (Å²) >= 11 is 1.48. The topological polar surface area (TPSA) is 87.7 Å². The quantitative estimate of drug-likeness (QED) is 0.854. The van der Waals surface area contributed by atoms with E-state index < -0.39 is 5.60 Å². The second-order valence-electron chi connectivity index (χ2n) is 7.30. The molecule has 3 heterocycles. The standard InChI is InChI=1S/C16H23N5O3S/c1-20-9-16(24-15(20)23)6-2-7-21(10-16)8-5-12(22)17-14-19-18-13(25-14)11-3-4-11/h11H,2-10H2,1H3,(H,17,19,22)/t16-/m1/s1. The Bertz CT molecular complexity index is 676. The van der Waals surface area contributed by atoms with Gasteiger partial charge >= 0.3 is 6.09 Å². The molecule has 0 bridgehead atoms. The van der Waals surface area contributed by atoms with E-state index >= 15 is 0 Å². The normalized spacial score (nSPS) is 26.9. The number of amides is 2. The van der Waals surface area contributed by atoms with E-state index in [9.17, 15) is 9.59 Å². The molecule has 0 aromatic carbocycles. The van der Waals surface area contributed by atoms with Gasteiger partial charge in [0.05, 0.1) is 6.54 Å². The first kappa shape index (κ1) is 16.7. The van der Waals surface area contributed by atoms with Crippen molar-refractivity contribution in [1.82, 2.24) is 20.0 Å². The minimum atomic E-state index is -0.404. The zero-order chi connectivity index (χ0) is 17.4. The summed E-state index contributed by atoms with van der Waals surface area (Å²) in [7, 11) is 1.77. The minimum absolute atomic E-state index is 0.0429. The molecule has 1 aliphatic carbocycles. The van der Waals surface area contributed by atoms with Gasteiger partial charge in [0.2, 0.25) is 11.0 Å². The van der Waals surface area contributed by atoms with Gasteiger partial charge in [-0.05, 0) is 32.2 Å². The van der Waals surface area contributed by atoms with Gasteiger partial charge in [-0.15, -0.1) is 10.2 Å². The highest BCUT2D eigenvalue weighted by Gasteiger charge is 2.46. The summed E-state index contributed by atoms with van der Waals surface area (Å²) in [6, 6.07) is 0. The molecule has 1 spiro atoms. The third kappa shape index (κ3) is 3.77. The van der Waals surface area contributed by atoms with Crippen LogP contribution in [0.2, 0.25) is 0 Å². The Morgan fingerprint density at radius 3 is 2.96 bits per heavy atom. The molecule has 4 rings (SSSR count). The molecule has 3 fully saturated rings. The molecule has 0 unspecified atom stereocenters. The van der Waals surface area contributed by atoms with Gasteiger partial charge in [0.1, 0.15) is 10.6 Å². The van der Waals surface area contributed by atoms with Crippen LogP contribution < -0.4 is 5.32 Å². The molecule has 1 saturated carbocycles. The Morgan fingerprint density at radius 2 is 2.24 bits per heavy atom. The summed E-state index contributed by atoms with van der Waals surface area (Å²) in [6.07, 6.45) is 4.38. The van der Waals surface area contributed by atoms with Gasteiger partial charge in [0.15, 0.2) is 0 Å². The number of rotatable bonds is 5. The summed E-state index contributed by atoms with van der Waals surface area (Å²) < 4.78 is 5.59. The number of hydrogen-bond donors (Lipinski definition) is 1. The Balaban J connectivity index is 1.26. The zero-order valence-electron chi connectivity index (χ0n) is 14.4. The maximum absolute atomic E-state index is 12.2. The molecule has 136 valence electrons. The van der Waals surface area contributed by atoms with Gasteiger partial charge in [-0.25, -0.2) is 4.79 Å². The average molecular weight is 365 g/mol.